The molecule has 3 heterocycles. The maximum absolute atomic E-state index is 13.1. The number of fused-ring (bicyclic) bond motifs is 1. The van der Waals surface area contributed by atoms with Crippen molar-refractivity contribution in [1.29, 1.82) is 0 Å². The van der Waals surface area contributed by atoms with E-state index in [-0.39, 0.29) is 5.92 Å². The molecular formula is C25H27N4O5-. The second kappa shape index (κ2) is 7.95. The van der Waals surface area contributed by atoms with E-state index in [0.717, 1.165) is 28.6 Å². The van der Waals surface area contributed by atoms with Gasteiger partial charge < -0.3 is 29.8 Å². The fourth-order valence-corrected chi connectivity index (χ4v) is 5.37. The first-order valence-corrected chi connectivity index (χ1v) is 11.3. The lowest BCUT2D eigenvalue weighted by Crippen LogP contribution is -2.30. The summed E-state index contributed by atoms with van der Waals surface area (Å²) in [5, 5.41) is 37.4. The minimum Gasteiger partial charge on any atom is -0.860 e. The molecule has 0 spiro atoms. The van der Waals surface area contributed by atoms with Crippen molar-refractivity contribution < 1.29 is 25.1 Å². The first kappa shape index (κ1) is 22.1. The van der Waals surface area contributed by atoms with Crippen LogP contribution < -0.4 is 10.2 Å². The maximum Gasteiger partial charge on any atom is 0.318 e. The van der Waals surface area contributed by atoms with Gasteiger partial charge in [-0.25, -0.2) is 4.84 Å². The number of aromatic amines is 1. The average Bonchev–Trinajstić information content (AvgIpc) is 3.43. The minimum absolute atomic E-state index is 0.297. The third-order valence-electron chi connectivity index (χ3n) is 6.95. The highest BCUT2D eigenvalue weighted by atomic mass is 16.8. The Bertz CT molecular complexity index is 1360. The summed E-state index contributed by atoms with van der Waals surface area (Å²) in [4.78, 5) is 21.5. The average molecular weight is 464 g/mol. The molecule has 34 heavy (non-hydrogen) atoms. The molecule has 0 saturated heterocycles. The minimum atomic E-state index is -0.718. The molecule has 178 valence electrons. The molecule has 0 bridgehead atoms. The van der Waals surface area contributed by atoms with Gasteiger partial charge in [-0.2, -0.15) is 0 Å². The quantitative estimate of drug-likeness (QED) is 0.562. The van der Waals surface area contributed by atoms with E-state index in [4.69, 9.17) is 4.84 Å². The highest BCUT2D eigenvalue weighted by molar-refractivity contribution is 5.99. The van der Waals surface area contributed by atoms with Gasteiger partial charge in [-0.05, 0) is 59.9 Å². The third kappa shape index (κ3) is 3.27. The van der Waals surface area contributed by atoms with Gasteiger partial charge in [-0.15, -0.1) is 0 Å². The standard InChI is InChI=1S/C25H28N4O5/c1-13-5-8-20-17(9-13)19(12-28(20)14(2)30)23-22(24(31)26-25(23)32)18-11-27(3)21-10-15(29(33)34-4)6-7-16(18)21/h5-8,10-11,13-14,19,26,30H,9,12H2,1-4H3,(H-,31,32)/p-1. The SMILES string of the molecule is CO[N+](=O)c1ccc2c(-c3c([O-])[nH]c([O-])c3C3CN(C(C)O)C4=C3CC(C)C=C4)cn(C)c2c1. The van der Waals surface area contributed by atoms with Crippen molar-refractivity contribution in [3.05, 3.63) is 58.3 Å². The van der Waals surface area contributed by atoms with Gasteiger partial charge >= 0.3 is 5.69 Å². The largest absolute Gasteiger partial charge is 0.860 e. The Kier molecular flexibility index (Phi) is 5.16. The number of hydrogen-bond donors (Lipinski definition) is 2. The molecule has 3 aromatic rings. The fourth-order valence-electron chi connectivity index (χ4n) is 5.37. The summed E-state index contributed by atoms with van der Waals surface area (Å²) in [6.07, 6.45) is 5.96. The molecule has 3 atom stereocenters. The Morgan fingerprint density at radius 3 is 2.76 bits per heavy atom. The van der Waals surface area contributed by atoms with Crippen LogP contribution >= 0.6 is 0 Å². The zero-order chi connectivity index (χ0) is 24.3. The number of rotatable bonds is 5. The first-order chi connectivity index (χ1) is 16.2. The predicted molar refractivity (Wildman–Crippen MR) is 123 cm³/mol. The van der Waals surface area contributed by atoms with Crippen LogP contribution in [-0.2, 0) is 11.9 Å². The summed E-state index contributed by atoms with van der Waals surface area (Å²) in [5.74, 6) is -0.842. The van der Waals surface area contributed by atoms with Crippen LogP contribution in [0.1, 0.15) is 31.7 Å². The van der Waals surface area contributed by atoms with Crippen molar-refractivity contribution in [1.82, 2.24) is 14.5 Å². The van der Waals surface area contributed by atoms with Gasteiger partial charge in [0.1, 0.15) is 6.23 Å². The van der Waals surface area contributed by atoms with Gasteiger partial charge in [0.15, 0.2) is 7.11 Å². The van der Waals surface area contributed by atoms with Gasteiger partial charge in [0.25, 0.3) is 4.92 Å². The highest BCUT2D eigenvalue weighted by Crippen LogP contribution is 2.50. The Balaban J connectivity index is 1.69. The number of aliphatic hydroxyl groups is 1. The van der Waals surface area contributed by atoms with E-state index in [0.29, 0.717) is 39.8 Å². The zero-order valence-corrected chi connectivity index (χ0v) is 19.5. The Labute approximate surface area is 196 Å². The third-order valence-corrected chi connectivity index (χ3v) is 6.95. The van der Waals surface area contributed by atoms with E-state index in [2.05, 4.69) is 18.0 Å². The van der Waals surface area contributed by atoms with E-state index in [1.54, 1.807) is 25.1 Å². The fraction of sp³-hybridized carbons (Fsp3) is 0.360. The van der Waals surface area contributed by atoms with Crippen LogP contribution in [0.5, 0.6) is 11.8 Å². The van der Waals surface area contributed by atoms with Gasteiger partial charge in [0.2, 0.25) is 0 Å². The molecule has 3 unspecified atom stereocenters. The van der Waals surface area contributed by atoms with E-state index < -0.39 is 18.0 Å². The molecule has 0 amide bonds. The molecule has 1 aromatic carbocycles. The van der Waals surface area contributed by atoms with Crippen LogP contribution in [0.4, 0.5) is 5.69 Å². The smallest absolute Gasteiger partial charge is 0.318 e. The Hall–Kier alpha value is -3.72. The lowest BCUT2D eigenvalue weighted by atomic mass is 9.83. The molecule has 0 radical (unpaired) electrons. The van der Waals surface area contributed by atoms with E-state index >= 15 is 0 Å². The lowest BCUT2D eigenvalue weighted by molar-refractivity contribution is -0.736. The van der Waals surface area contributed by atoms with E-state index in [1.165, 1.54) is 7.11 Å². The molecule has 9 heteroatoms. The number of aliphatic hydroxyl groups excluding tert-OH is 1. The van der Waals surface area contributed by atoms with E-state index in [9.17, 15) is 20.2 Å². The van der Waals surface area contributed by atoms with Crippen LogP contribution in [0, 0.1) is 10.8 Å². The van der Waals surface area contributed by atoms with Crippen molar-refractivity contribution in [3.8, 4) is 22.9 Å². The van der Waals surface area contributed by atoms with Crippen molar-refractivity contribution in [2.75, 3.05) is 13.7 Å². The van der Waals surface area contributed by atoms with Gasteiger partial charge in [-0.3, -0.25) is 0 Å². The molecule has 0 saturated carbocycles. The number of aromatic nitrogens is 2. The van der Waals surface area contributed by atoms with Gasteiger partial charge in [-0.1, -0.05) is 13.0 Å². The normalized spacial score (nSPS) is 20.8. The summed E-state index contributed by atoms with van der Waals surface area (Å²) in [6, 6.07) is 5.07. The Morgan fingerprint density at radius 2 is 2.06 bits per heavy atom. The van der Waals surface area contributed by atoms with Crippen molar-refractivity contribution in [3.63, 3.8) is 0 Å². The van der Waals surface area contributed by atoms with Crippen molar-refractivity contribution in [2.45, 2.75) is 32.4 Å². The first-order valence-electron chi connectivity index (χ1n) is 11.3. The number of H-pyrrole nitrogens is 1. The second-order valence-electron chi connectivity index (χ2n) is 9.15. The summed E-state index contributed by atoms with van der Waals surface area (Å²) in [5.41, 5.74) is 4.46. The molecule has 1 aliphatic carbocycles. The van der Waals surface area contributed by atoms with Crippen molar-refractivity contribution >= 4 is 16.6 Å². The lowest BCUT2D eigenvalue weighted by Gasteiger charge is -2.26. The number of benzene rings is 1. The summed E-state index contributed by atoms with van der Waals surface area (Å²) in [7, 11) is 3.12. The van der Waals surface area contributed by atoms with Crippen LogP contribution in [0.3, 0.4) is 0 Å². The summed E-state index contributed by atoms with van der Waals surface area (Å²) < 4.78 is 1.82. The molecule has 0 fully saturated rings. The zero-order valence-electron chi connectivity index (χ0n) is 19.5. The molecule has 2 aliphatic rings. The summed E-state index contributed by atoms with van der Waals surface area (Å²) in [6.45, 7) is 4.24. The number of hydrogen-bond acceptors (Lipinski definition) is 6. The molecular weight excluding hydrogens is 436 g/mol. The Morgan fingerprint density at radius 1 is 1.29 bits per heavy atom. The highest BCUT2D eigenvalue weighted by Gasteiger charge is 2.37. The number of nitrogens with zero attached hydrogens (tertiary/aromatic N) is 3. The summed E-state index contributed by atoms with van der Waals surface area (Å²) >= 11 is 0. The number of nitrogens with one attached hydrogen (secondary N) is 1. The monoisotopic (exact) mass is 463 g/mol. The molecule has 9 nitrogen and oxygen atoms in total. The van der Waals surface area contributed by atoms with Gasteiger partial charge in [0.05, 0.1) is 10.4 Å². The predicted octanol–water partition coefficient (Wildman–Crippen LogP) is 2.88. The second-order valence-corrected chi connectivity index (χ2v) is 9.15. The molecule has 2 N–H and O–H groups in total. The van der Waals surface area contributed by atoms with E-state index in [1.807, 2.05) is 28.8 Å². The number of allylic oxidation sites excluding steroid dienone is 2. The van der Waals surface area contributed by atoms with Crippen LogP contribution in [0.15, 0.2) is 47.8 Å². The van der Waals surface area contributed by atoms with Crippen molar-refractivity contribution in [2.24, 2.45) is 13.0 Å². The molecule has 1 aliphatic heterocycles. The van der Waals surface area contributed by atoms with Gasteiger partial charge in [0, 0.05) is 54.5 Å². The van der Waals surface area contributed by atoms with Crippen LogP contribution in [0.2, 0.25) is 0 Å². The molecule has 5 rings (SSSR count). The topological polar surface area (TPSA) is 120 Å². The molecule has 2 aromatic heterocycles. The number of aryl methyl sites for hydroxylation is 1. The maximum atomic E-state index is 13.1. The van der Waals surface area contributed by atoms with Crippen LogP contribution in [0.25, 0.3) is 22.0 Å². The van der Waals surface area contributed by atoms with Crippen LogP contribution in [-0.4, -0.2) is 44.4 Å².